The minimum atomic E-state index is -0.462. The van der Waals surface area contributed by atoms with Crippen LogP contribution >= 0.6 is 0 Å². The second kappa shape index (κ2) is 20.3. The molecule has 0 saturated carbocycles. The lowest BCUT2D eigenvalue weighted by Gasteiger charge is -2.31. The largest absolute Gasteiger partial charge is 0.506 e. The minimum absolute atomic E-state index is 0.0410. The van der Waals surface area contributed by atoms with Crippen LogP contribution in [0.2, 0.25) is 0 Å². The number of phenols is 1. The summed E-state index contributed by atoms with van der Waals surface area (Å²) in [7, 11) is 1.78. The Hall–Kier alpha value is -5.98. The Balaban J connectivity index is 0.825. The number of hydrogen-bond donors (Lipinski definition) is 5. The van der Waals surface area contributed by atoms with E-state index in [1.165, 1.54) is 6.07 Å². The van der Waals surface area contributed by atoms with E-state index in [0.717, 1.165) is 72.3 Å². The van der Waals surface area contributed by atoms with Gasteiger partial charge in [0.05, 0.1) is 11.2 Å². The predicted octanol–water partition coefficient (Wildman–Crippen LogP) is 6.56. The highest BCUT2D eigenvalue weighted by Crippen LogP contribution is 2.28. The summed E-state index contributed by atoms with van der Waals surface area (Å²) < 4.78 is 5.76. The summed E-state index contributed by atoms with van der Waals surface area (Å²) in [5.74, 6) is 0.00940. The topological polar surface area (TPSA) is 156 Å². The van der Waals surface area contributed by atoms with Gasteiger partial charge in [-0.15, -0.1) is 0 Å². The maximum Gasteiger partial charge on any atom is 0.411 e. The third kappa shape index (κ3) is 12.0. The van der Waals surface area contributed by atoms with E-state index in [1.807, 2.05) is 84.9 Å². The fourth-order valence-electron chi connectivity index (χ4n) is 7.17. The van der Waals surface area contributed by atoms with E-state index in [1.54, 1.807) is 24.1 Å². The van der Waals surface area contributed by atoms with E-state index in [0.29, 0.717) is 56.4 Å². The zero-order chi connectivity index (χ0) is 40.0. The number of aromatic amines is 1. The van der Waals surface area contributed by atoms with E-state index < -0.39 is 6.09 Å². The number of phenolic OH excluding ortho intramolecular Hbond substituents is 1. The lowest BCUT2D eigenvalue weighted by atomic mass is 10.0. The molecule has 4 aromatic carbocycles. The Bertz CT molecular complexity index is 2180. The molecule has 57 heavy (non-hydrogen) atoms. The molecular formula is C45H52N6O6. The van der Waals surface area contributed by atoms with Crippen molar-refractivity contribution in [2.24, 2.45) is 0 Å². The monoisotopic (exact) mass is 772 g/mol. The zero-order valence-corrected chi connectivity index (χ0v) is 32.5. The molecule has 298 valence electrons. The van der Waals surface area contributed by atoms with Gasteiger partial charge in [0.25, 0.3) is 0 Å². The molecule has 1 aliphatic heterocycles. The van der Waals surface area contributed by atoms with Gasteiger partial charge in [-0.25, -0.2) is 4.79 Å². The Morgan fingerprint density at radius 3 is 2.46 bits per heavy atom. The van der Waals surface area contributed by atoms with E-state index in [-0.39, 0.29) is 29.2 Å². The summed E-state index contributed by atoms with van der Waals surface area (Å²) in [4.78, 5) is 56.7. The maximum absolute atomic E-state index is 12.9. The molecule has 6 rings (SSSR count). The molecule has 12 nitrogen and oxygen atoms in total. The molecule has 12 heteroatoms. The number of carbonyl (C=O) groups excluding carboxylic acids is 3. The van der Waals surface area contributed by atoms with Crippen LogP contribution in [-0.2, 0) is 27.2 Å². The van der Waals surface area contributed by atoms with Crippen LogP contribution < -0.4 is 21.5 Å². The van der Waals surface area contributed by atoms with Crippen molar-refractivity contribution in [2.45, 2.75) is 51.0 Å². The number of anilines is 2. The van der Waals surface area contributed by atoms with Crippen molar-refractivity contribution in [3.63, 3.8) is 0 Å². The van der Waals surface area contributed by atoms with Crippen LogP contribution in [0.3, 0.4) is 0 Å². The quantitative estimate of drug-likeness (QED) is 0.0667. The summed E-state index contributed by atoms with van der Waals surface area (Å²) in [6.45, 7) is 4.11. The summed E-state index contributed by atoms with van der Waals surface area (Å²) in [6, 6.07) is 32.1. The van der Waals surface area contributed by atoms with Crippen LogP contribution in [0, 0.1) is 0 Å². The Morgan fingerprint density at radius 2 is 1.63 bits per heavy atom. The molecule has 0 aliphatic carbocycles. The van der Waals surface area contributed by atoms with Crippen molar-refractivity contribution < 1.29 is 24.2 Å². The van der Waals surface area contributed by atoms with Gasteiger partial charge in [-0.05, 0) is 92.2 Å². The van der Waals surface area contributed by atoms with Crippen LogP contribution in [0.4, 0.5) is 16.2 Å². The van der Waals surface area contributed by atoms with Gasteiger partial charge in [-0.2, -0.15) is 0 Å². The molecule has 1 aromatic heterocycles. The third-order valence-corrected chi connectivity index (χ3v) is 10.4. The highest BCUT2D eigenvalue weighted by atomic mass is 16.6. The molecule has 3 amide bonds. The number of carbonyl (C=O) groups is 3. The van der Waals surface area contributed by atoms with Gasteiger partial charge in [0.2, 0.25) is 17.4 Å². The molecular weight excluding hydrogens is 721 g/mol. The highest BCUT2D eigenvalue weighted by Gasteiger charge is 2.23. The predicted molar refractivity (Wildman–Crippen MR) is 225 cm³/mol. The van der Waals surface area contributed by atoms with Crippen LogP contribution in [0.1, 0.15) is 43.2 Å². The average molecular weight is 773 g/mol. The second-order valence-electron chi connectivity index (χ2n) is 14.5. The number of nitrogens with zero attached hydrogens (tertiary/aromatic N) is 2. The number of piperidine rings is 1. The molecule has 2 heterocycles. The second-order valence-corrected chi connectivity index (χ2v) is 14.5. The smallest absolute Gasteiger partial charge is 0.411 e. The van der Waals surface area contributed by atoms with Gasteiger partial charge < -0.3 is 35.3 Å². The first-order chi connectivity index (χ1) is 27.7. The van der Waals surface area contributed by atoms with Gasteiger partial charge in [0, 0.05) is 68.8 Å². The maximum atomic E-state index is 12.9. The number of aromatic hydroxyl groups is 1. The molecule has 0 unspecified atom stereocenters. The number of para-hydroxylation sites is 1. The minimum Gasteiger partial charge on any atom is -0.506 e. The van der Waals surface area contributed by atoms with E-state index in [4.69, 9.17) is 4.74 Å². The standard InChI is InChI=1S/C45H52N6O6/c1-50(43(55)24-30-51-28-22-36(23-29-51)57-45(56)48-39-14-6-5-13-37(39)33-10-3-2-4-11-33)27-8-15-41(53)47-35-12-7-9-32(31-35)20-25-46-26-21-34-16-18-40(52)44-38(34)17-19-42(54)49-44/h2-7,9-14,16-19,31,36,46,52H,8,15,20-30H2,1H3,(H,47,53)(H,48,56)(H,49,54). The van der Waals surface area contributed by atoms with Crippen molar-refractivity contribution in [3.05, 3.63) is 125 Å². The van der Waals surface area contributed by atoms with Gasteiger partial charge in [0.15, 0.2) is 0 Å². The van der Waals surface area contributed by atoms with Crippen molar-refractivity contribution in [2.75, 3.05) is 56.9 Å². The van der Waals surface area contributed by atoms with Gasteiger partial charge in [0.1, 0.15) is 11.9 Å². The Kier molecular flexibility index (Phi) is 14.5. The number of benzene rings is 4. The fourth-order valence-corrected chi connectivity index (χ4v) is 7.17. The number of ether oxygens (including phenoxy) is 1. The number of H-pyrrole nitrogens is 1. The van der Waals surface area contributed by atoms with Crippen LogP contribution in [0.25, 0.3) is 22.0 Å². The average Bonchev–Trinajstić information content (AvgIpc) is 3.22. The fraction of sp³-hybridized carbons (Fsp3) is 0.333. The number of likely N-dealkylation sites (tertiary alicyclic amines) is 1. The highest BCUT2D eigenvalue weighted by molar-refractivity contribution is 5.92. The number of amides is 3. The van der Waals surface area contributed by atoms with E-state index in [2.05, 4.69) is 25.8 Å². The molecule has 5 N–H and O–H groups in total. The van der Waals surface area contributed by atoms with Crippen molar-refractivity contribution in [1.29, 1.82) is 0 Å². The molecule has 0 atom stereocenters. The zero-order valence-electron chi connectivity index (χ0n) is 32.5. The SMILES string of the molecule is CN(CCCC(=O)Nc1cccc(CCNCCc2ccc(O)c3[nH]c(=O)ccc23)c1)C(=O)CCN1CCC(OC(=O)Nc2ccccc2-c2ccccc2)CC1. The number of aromatic nitrogens is 1. The van der Waals surface area contributed by atoms with Crippen molar-refractivity contribution in [1.82, 2.24) is 20.1 Å². The number of rotatable bonds is 17. The lowest BCUT2D eigenvalue weighted by Crippen LogP contribution is -2.40. The lowest BCUT2D eigenvalue weighted by molar-refractivity contribution is -0.130. The van der Waals surface area contributed by atoms with Gasteiger partial charge in [-0.1, -0.05) is 66.7 Å². The molecule has 5 aromatic rings. The summed E-state index contributed by atoms with van der Waals surface area (Å²) >= 11 is 0. The summed E-state index contributed by atoms with van der Waals surface area (Å²) in [5.41, 5.74) is 5.74. The van der Waals surface area contributed by atoms with Gasteiger partial charge in [-0.3, -0.25) is 19.7 Å². The number of nitrogens with one attached hydrogen (secondary N) is 4. The molecule has 0 radical (unpaired) electrons. The van der Waals surface area contributed by atoms with Crippen LogP contribution in [-0.4, -0.2) is 90.2 Å². The van der Waals surface area contributed by atoms with E-state index in [9.17, 15) is 24.3 Å². The molecule has 0 spiro atoms. The summed E-state index contributed by atoms with van der Waals surface area (Å²) in [6.07, 6.45) is 3.56. The Labute approximate surface area is 333 Å². The third-order valence-electron chi connectivity index (χ3n) is 10.4. The van der Waals surface area contributed by atoms with Crippen molar-refractivity contribution >= 4 is 40.2 Å². The summed E-state index contributed by atoms with van der Waals surface area (Å²) in [5, 5.41) is 20.3. The number of pyridine rings is 1. The molecule has 0 bridgehead atoms. The van der Waals surface area contributed by atoms with Gasteiger partial charge >= 0.3 is 6.09 Å². The normalized spacial score (nSPS) is 13.3. The van der Waals surface area contributed by atoms with E-state index >= 15 is 0 Å². The van der Waals surface area contributed by atoms with Crippen LogP contribution in [0.15, 0.2) is 108 Å². The number of fused-ring (bicyclic) bond motifs is 1. The first-order valence-corrected chi connectivity index (χ1v) is 19.7. The first-order valence-electron chi connectivity index (χ1n) is 19.7. The molecule has 1 aliphatic rings. The molecule has 1 saturated heterocycles. The number of hydrogen-bond acceptors (Lipinski definition) is 8. The van der Waals surface area contributed by atoms with Crippen LogP contribution in [0.5, 0.6) is 5.75 Å². The first kappa shape index (κ1) is 40.7. The molecule has 1 fully saturated rings. The Morgan fingerprint density at radius 1 is 0.860 bits per heavy atom. The van der Waals surface area contributed by atoms with Crippen molar-refractivity contribution in [3.8, 4) is 16.9 Å².